The van der Waals surface area contributed by atoms with Gasteiger partial charge in [-0.05, 0) is 12.8 Å². The number of sulfonamides is 1. The summed E-state index contributed by atoms with van der Waals surface area (Å²) in [7, 11) is -3.70. The summed E-state index contributed by atoms with van der Waals surface area (Å²) in [5.41, 5.74) is 0. The molecule has 0 amide bonds. The van der Waals surface area contributed by atoms with Gasteiger partial charge in [0.1, 0.15) is 0 Å². The summed E-state index contributed by atoms with van der Waals surface area (Å²) in [6.45, 7) is 1.57. The van der Waals surface area contributed by atoms with Gasteiger partial charge in [-0.2, -0.15) is 17.5 Å². The van der Waals surface area contributed by atoms with Gasteiger partial charge in [-0.25, -0.2) is 8.42 Å². The average molecular weight is 277 g/mol. The molecule has 0 fully saturated rings. The number of nitrogens with zero attached hydrogens (tertiary/aromatic N) is 1. The molecular formula is C9H18F3NO3S. The Hall–Kier alpha value is -0.340. The number of aliphatic hydroxyl groups excluding tert-OH is 1. The Bertz CT molecular complexity index is 297. The predicted molar refractivity (Wildman–Crippen MR) is 58.0 cm³/mol. The first-order valence-electron chi connectivity index (χ1n) is 5.38. The van der Waals surface area contributed by atoms with Crippen molar-refractivity contribution >= 4 is 10.0 Å². The van der Waals surface area contributed by atoms with Gasteiger partial charge >= 0.3 is 6.18 Å². The lowest BCUT2D eigenvalue weighted by Gasteiger charge is -2.20. The van der Waals surface area contributed by atoms with E-state index in [1.54, 1.807) is 6.92 Å². The molecule has 1 N–H and O–H groups in total. The topological polar surface area (TPSA) is 57.6 Å². The van der Waals surface area contributed by atoms with E-state index in [1.165, 1.54) is 0 Å². The minimum absolute atomic E-state index is 0.0673. The summed E-state index contributed by atoms with van der Waals surface area (Å²) in [4.78, 5) is 0. The lowest BCUT2D eigenvalue weighted by atomic mass is 10.3. The van der Waals surface area contributed by atoms with Crippen molar-refractivity contribution in [1.29, 1.82) is 0 Å². The Kier molecular flexibility index (Phi) is 7.03. The van der Waals surface area contributed by atoms with Gasteiger partial charge in [0, 0.05) is 19.5 Å². The van der Waals surface area contributed by atoms with Crippen molar-refractivity contribution in [1.82, 2.24) is 4.31 Å². The standard InChI is InChI=1S/C9H18F3NO3S/c1-2-5-13(6-7-14)17(15,16)8-3-4-9(10,11)12/h14H,2-8H2,1H3. The van der Waals surface area contributed by atoms with Crippen LogP contribution in [0.4, 0.5) is 13.2 Å². The van der Waals surface area contributed by atoms with Crippen molar-refractivity contribution in [2.75, 3.05) is 25.4 Å². The summed E-state index contributed by atoms with van der Waals surface area (Å²) < 4.78 is 60.0. The van der Waals surface area contributed by atoms with Crippen LogP contribution in [0.15, 0.2) is 0 Å². The first-order valence-corrected chi connectivity index (χ1v) is 6.99. The highest BCUT2D eigenvalue weighted by molar-refractivity contribution is 7.89. The van der Waals surface area contributed by atoms with E-state index in [9.17, 15) is 21.6 Å². The Morgan fingerprint density at radius 2 is 1.82 bits per heavy atom. The molecule has 0 radical (unpaired) electrons. The molecule has 104 valence electrons. The van der Waals surface area contributed by atoms with Gasteiger partial charge in [0.25, 0.3) is 0 Å². The molecule has 0 spiro atoms. The Labute approximate surface area is 99.5 Å². The Morgan fingerprint density at radius 1 is 1.24 bits per heavy atom. The molecule has 0 heterocycles. The van der Waals surface area contributed by atoms with Crippen molar-refractivity contribution in [3.8, 4) is 0 Å². The van der Waals surface area contributed by atoms with Gasteiger partial charge in [-0.3, -0.25) is 0 Å². The molecule has 0 saturated carbocycles. The fourth-order valence-electron chi connectivity index (χ4n) is 1.34. The molecule has 0 unspecified atom stereocenters. The molecule has 0 aromatic rings. The summed E-state index contributed by atoms with van der Waals surface area (Å²) in [6.07, 6.45) is -5.33. The van der Waals surface area contributed by atoms with Crippen LogP contribution in [0, 0.1) is 0 Å². The predicted octanol–water partition coefficient (Wildman–Crippen LogP) is 1.36. The summed E-state index contributed by atoms with van der Waals surface area (Å²) >= 11 is 0. The fourth-order valence-corrected chi connectivity index (χ4v) is 2.92. The van der Waals surface area contributed by atoms with Gasteiger partial charge in [-0.1, -0.05) is 6.92 Å². The minimum atomic E-state index is -4.33. The zero-order chi connectivity index (χ0) is 13.5. The number of hydrogen-bond acceptors (Lipinski definition) is 3. The second kappa shape index (κ2) is 7.17. The molecule has 0 aliphatic carbocycles. The lowest BCUT2D eigenvalue weighted by molar-refractivity contribution is -0.134. The van der Waals surface area contributed by atoms with Gasteiger partial charge in [0.15, 0.2) is 0 Å². The van der Waals surface area contributed by atoms with E-state index in [0.29, 0.717) is 6.42 Å². The quantitative estimate of drug-likeness (QED) is 0.729. The van der Waals surface area contributed by atoms with Crippen LogP contribution in [-0.2, 0) is 10.0 Å². The molecule has 0 atom stereocenters. The molecule has 17 heavy (non-hydrogen) atoms. The number of aliphatic hydroxyl groups is 1. The second-order valence-corrected chi connectivity index (χ2v) is 5.75. The molecule has 8 heteroatoms. The SMILES string of the molecule is CCCN(CCO)S(=O)(=O)CCCC(F)(F)F. The molecular weight excluding hydrogens is 259 g/mol. The van der Waals surface area contributed by atoms with E-state index in [-0.39, 0.29) is 19.7 Å². The van der Waals surface area contributed by atoms with E-state index in [0.717, 1.165) is 4.31 Å². The first kappa shape index (κ1) is 16.7. The van der Waals surface area contributed by atoms with Crippen molar-refractivity contribution in [3.63, 3.8) is 0 Å². The molecule has 0 saturated heterocycles. The minimum Gasteiger partial charge on any atom is -0.395 e. The van der Waals surface area contributed by atoms with Crippen LogP contribution in [0.2, 0.25) is 0 Å². The number of alkyl halides is 3. The van der Waals surface area contributed by atoms with E-state index in [1.807, 2.05) is 0 Å². The fraction of sp³-hybridized carbons (Fsp3) is 1.00. The summed E-state index contributed by atoms with van der Waals surface area (Å²) in [6, 6.07) is 0. The maximum Gasteiger partial charge on any atom is 0.389 e. The van der Waals surface area contributed by atoms with Crippen molar-refractivity contribution < 1.29 is 26.7 Å². The van der Waals surface area contributed by atoms with Crippen LogP contribution in [0.5, 0.6) is 0 Å². The van der Waals surface area contributed by atoms with Crippen LogP contribution in [0.1, 0.15) is 26.2 Å². The van der Waals surface area contributed by atoms with Crippen LogP contribution in [0.25, 0.3) is 0 Å². The summed E-state index contributed by atoms with van der Waals surface area (Å²) in [5, 5.41) is 8.70. The zero-order valence-corrected chi connectivity index (χ0v) is 10.5. The molecule has 4 nitrogen and oxygen atoms in total. The highest BCUT2D eigenvalue weighted by atomic mass is 32.2. The van der Waals surface area contributed by atoms with Gasteiger partial charge in [0.05, 0.1) is 12.4 Å². The number of halogens is 3. The largest absolute Gasteiger partial charge is 0.395 e. The molecule has 0 aliphatic rings. The van der Waals surface area contributed by atoms with Gasteiger partial charge < -0.3 is 5.11 Å². The molecule has 0 bridgehead atoms. The third-order valence-electron chi connectivity index (χ3n) is 2.08. The van der Waals surface area contributed by atoms with Crippen molar-refractivity contribution in [2.24, 2.45) is 0 Å². The molecule has 0 aromatic heterocycles. The van der Waals surface area contributed by atoms with Gasteiger partial charge in [-0.15, -0.1) is 0 Å². The van der Waals surface area contributed by atoms with Crippen LogP contribution < -0.4 is 0 Å². The molecule has 0 aromatic carbocycles. The van der Waals surface area contributed by atoms with E-state index in [4.69, 9.17) is 5.11 Å². The van der Waals surface area contributed by atoms with Crippen LogP contribution >= 0.6 is 0 Å². The second-order valence-electron chi connectivity index (χ2n) is 3.66. The molecule has 0 aliphatic heterocycles. The smallest absolute Gasteiger partial charge is 0.389 e. The van der Waals surface area contributed by atoms with E-state index < -0.39 is 34.8 Å². The average Bonchev–Trinajstić information content (AvgIpc) is 2.15. The van der Waals surface area contributed by atoms with Crippen molar-refractivity contribution in [2.45, 2.75) is 32.4 Å². The highest BCUT2D eigenvalue weighted by Gasteiger charge is 2.28. The normalized spacial score (nSPS) is 13.3. The Morgan fingerprint density at radius 3 is 2.24 bits per heavy atom. The maximum atomic E-state index is 11.9. The maximum absolute atomic E-state index is 11.9. The van der Waals surface area contributed by atoms with E-state index in [2.05, 4.69) is 0 Å². The third kappa shape index (κ3) is 7.56. The zero-order valence-electron chi connectivity index (χ0n) is 9.70. The third-order valence-corrected chi connectivity index (χ3v) is 4.03. The van der Waals surface area contributed by atoms with Crippen molar-refractivity contribution in [3.05, 3.63) is 0 Å². The number of hydrogen-bond donors (Lipinski definition) is 1. The van der Waals surface area contributed by atoms with Crippen LogP contribution in [0.3, 0.4) is 0 Å². The number of rotatable bonds is 8. The summed E-state index contributed by atoms with van der Waals surface area (Å²) in [5.74, 6) is -0.535. The Balaban J connectivity index is 4.32. The van der Waals surface area contributed by atoms with Crippen LogP contribution in [-0.4, -0.2) is 49.5 Å². The monoisotopic (exact) mass is 277 g/mol. The first-order chi connectivity index (χ1) is 7.73. The molecule has 0 rings (SSSR count). The van der Waals surface area contributed by atoms with Gasteiger partial charge in [0.2, 0.25) is 10.0 Å². The highest BCUT2D eigenvalue weighted by Crippen LogP contribution is 2.22. The van der Waals surface area contributed by atoms with E-state index >= 15 is 0 Å². The lowest BCUT2D eigenvalue weighted by Crippen LogP contribution is -2.36.